The predicted octanol–water partition coefficient (Wildman–Crippen LogP) is 5.45. The van der Waals surface area contributed by atoms with Crippen LogP contribution >= 0.6 is 0 Å². The van der Waals surface area contributed by atoms with E-state index in [1.807, 2.05) is 50.2 Å². The van der Waals surface area contributed by atoms with Gasteiger partial charge in [0, 0.05) is 42.6 Å². The molecule has 2 atom stereocenters. The Kier molecular flexibility index (Phi) is 13.6. The van der Waals surface area contributed by atoms with Gasteiger partial charge in [0.2, 0.25) is 11.8 Å². The SMILES string of the molecule is Cc1cc2ccc1[C@@H](C)NCC(=O)Nc1ccc(S(=O)(=O)C3CC3)c(c1)CN(C)C(=O)[C@@H]2Nc1ccc2cc[nH]c(=O)c2c1.O=C(O)C(F)(F)F.O=C(O)C(F)(F)F. The summed E-state index contributed by atoms with van der Waals surface area (Å²) < 4.78 is 90.2. The van der Waals surface area contributed by atoms with E-state index in [0.29, 0.717) is 40.7 Å². The smallest absolute Gasteiger partial charge is 0.475 e. The van der Waals surface area contributed by atoms with E-state index >= 15 is 0 Å². The Bertz CT molecular complexity index is 2360. The van der Waals surface area contributed by atoms with Gasteiger partial charge in [-0.15, -0.1) is 0 Å². The lowest BCUT2D eigenvalue weighted by Crippen LogP contribution is -2.36. The van der Waals surface area contributed by atoms with Gasteiger partial charge in [0.1, 0.15) is 6.04 Å². The third-order valence-corrected chi connectivity index (χ3v) is 11.2. The Balaban J connectivity index is 0.000000456. The van der Waals surface area contributed by atoms with Crippen molar-refractivity contribution in [2.45, 2.75) is 67.8 Å². The van der Waals surface area contributed by atoms with Crippen LogP contribution in [0, 0.1) is 6.92 Å². The van der Waals surface area contributed by atoms with Gasteiger partial charge in [-0.25, -0.2) is 18.0 Å². The van der Waals surface area contributed by atoms with E-state index < -0.39 is 45.4 Å². The van der Waals surface area contributed by atoms with Crippen molar-refractivity contribution in [1.29, 1.82) is 0 Å². The molecule has 312 valence electrons. The average Bonchev–Trinajstić information content (AvgIpc) is 3.99. The number of hydrogen-bond donors (Lipinski definition) is 6. The van der Waals surface area contributed by atoms with Crippen LogP contribution in [0.15, 0.2) is 76.6 Å². The number of fused-ring (bicyclic) bond motifs is 10. The molecule has 3 aliphatic rings. The first-order valence-electron chi connectivity index (χ1n) is 17.1. The van der Waals surface area contributed by atoms with Crippen LogP contribution in [0.2, 0.25) is 0 Å². The first kappa shape index (κ1) is 44.8. The summed E-state index contributed by atoms with van der Waals surface area (Å²) in [7, 11) is -1.95. The highest BCUT2D eigenvalue weighted by Crippen LogP contribution is 2.36. The number of likely N-dealkylation sites (N-methyl/N-ethyl adjacent to an activating group) is 1. The number of aryl methyl sites for hydroxylation is 1. The number of halogens is 6. The molecule has 6 N–H and O–H groups in total. The van der Waals surface area contributed by atoms with Gasteiger partial charge in [-0.05, 0) is 90.7 Å². The van der Waals surface area contributed by atoms with Crippen LogP contribution in [-0.4, -0.2) is 83.5 Å². The Morgan fingerprint density at radius 2 is 1.50 bits per heavy atom. The number of aromatic amines is 1. The van der Waals surface area contributed by atoms with Gasteiger partial charge in [0.05, 0.1) is 16.7 Å². The number of rotatable bonds is 4. The molecule has 1 fully saturated rings. The summed E-state index contributed by atoms with van der Waals surface area (Å²) >= 11 is 0. The van der Waals surface area contributed by atoms with Gasteiger partial charge in [-0.3, -0.25) is 14.4 Å². The molecule has 1 aliphatic carbocycles. The maximum Gasteiger partial charge on any atom is 0.490 e. The number of anilines is 2. The first-order chi connectivity index (χ1) is 26.9. The Hall–Kier alpha value is -5.96. The topological polar surface area (TPSA) is 215 Å². The van der Waals surface area contributed by atoms with Crippen LogP contribution in [0.5, 0.6) is 0 Å². The number of carbonyl (C=O) groups excluding carboxylic acids is 2. The highest BCUT2D eigenvalue weighted by Gasteiger charge is 2.40. The van der Waals surface area contributed by atoms with Crippen LogP contribution in [0.1, 0.15) is 54.1 Å². The number of carboxylic acid groups (broad SMARTS) is 2. The average molecular weight is 842 g/mol. The van der Waals surface area contributed by atoms with Crippen LogP contribution in [0.3, 0.4) is 0 Å². The normalized spacial score (nSPS) is 17.6. The molecule has 3 heterocycles. The molecule has 58 heavy (non-hydrogen) atoms. The summed E-state index contributed by atoms with van der Waals surface area (Å²) in [6.07, 6.45) is -7.36. The van der Waals surface area contributed by atoms with Crippen molar-refractivity contribution in [1.82, 2.24) is 15.2 Å². The zero-order chi connectivity index (χ0) is 43.3. The molecule has 7 rings (SSSR count). The summed E-state index contributed by atoms with van der Waals surface area (Å²) in [6, 6.07) is 16.7. The van der Waals surface area contributed by atoms with Crippen LogP contribution in [-0.2, 0) is 35.6 Å². The number of aliphatic carboxylic acids is 2. The number of benzene rings is 3. The second-order valence-electron chi connectivity index (χ2n) is 13.3. The standard InChI is InChI=1S/C33H35N5O5S.2C2HF3O2/c1-19-14-22-5-10-27(19)20(2)35-17-30(39)36-24-7-11-29(44(42,43)26-8-9-26)23(15-24)18-38(3)33(41)31(22)37-25-6-4-21-12-13-34-32(40)28(21)16-25;2*3-2(4,5)1(6)7/h4-7,10-16,20,26,31,35,37H,8-9,17-18H2,1-3H3,(H,34,40)(H,36,39);2*(H,6,7)/t20-,31-;;/m1../s1. The predicted molar refractivity (Wildman–Crippen MR) is 198 cm³/mol. The second kappa shape index (κ2) is 17.7. The van der Waals surface area contributed by atoms with Gasteiger partial charge in [0.25, 0.3) is 5.56 Å². The zero-order valence-corrected chi connectivity index (χ0v) is 31.6. The molecule has 4 bridgehead atoms. The molecule has 3 aromatic carbocycles. The van der Waals surface area contributed by atoms with Crippen molar-refractivity contribution in [3.05, 3.63) is 99.5 Å². The van der Waals surface area contributed by atoms with E-state index in [0.717, 1.165) is 16.5 Å². The summed E-state index contributed by atoms with van der Waals surface area (Å²) in [6.45, 7) is 3.99. The van der Waals surface area contributed by atoms with E-state index in [1.165, 1.54) is 11.0 Å². The number of carbonyl (C=O) groups is 4. The molecule has 0 saturated heterocycles. The van der Waals surface area contributed by atoms with Crippen LogP contribution in [0.4, 0.5) is 37.7 Å². The number of nitrogens with zero attached hydrogens (tertiary/aromatic N) is 1. The number of hydrogen-bond acceptors (Lipinski definition) is 9. The Morgan fingerprint density at radius 1 is 0.879 bits per heavy atom. The molecular formula is C37H37F6N5O9S. The van der Waals surface area contributed by atoms with Gasteiger partial charge in [-0.1, -0.05) is 24.3 Å². The monoisotopic (exact) mass is 841 g/mol. The molecule has 2 amide bonds. The quantitative estimate of drug-likeness (QED) is 0.142. The minimum atomic E-state index is -5.08. The number of alkyl halides is 6. The largest absolute Gasteiger partial charge is 0.490 e. The number of nitrogens with one attached hydrogen (secondary N) is 4. The Labute approximate surface area is 326 Å². The number of carboxylic acids is 2. The third kappa shape index (κ3) is 11.3. The number of amides is 2. The van der Waals surface area contributed by atoms with Gasteiger partial charge in [-0.2, -0.15) is 26.3 Å². The molecule has 2 aliphatic heterocycles. The molecule has 0 radical (unpaired) electrons. The lowest BCUT2D eigenvalue weighted by Gasteiger charge is -2.28. The van der Waals surface area contributed by atoms with Gasteiger partial charge < -0.3 is 36.0 Å². The maximum atomic E-state index is 14.3. The van der Waals surface area contributed by atoms with Crippen molar-refractivity contribution >= 4 is 55.7 Å². The fraction of sp³-hybridized carbons (Fsp3) is 0.324. The fourth-order valence-corrected chi connectivity index (χ4v) is 7.68. The lowest BCUT2D eigenvalue weighted by molar-refractivity contribution is -0.193. The molecule has 14 nitrogen and oxygen atoms in total. The number of sulfone groups is 1. The summed E-state index contributed by atoms with van der Waals surface area (Å²) in [5, 5.41) is 24.6. The second-order valence-corrected chi connectivity index (χ2v) is 15.5. The number of pyridine rings is 1. The Morgan fingerprint density at radius 3 is 2.07 bits per heavy atom. The minimum absolute atomic E-state index is 0.00570. The molecule has 0 unspecified atom stereocenters. The van der Waals surface area contributed by atoms with Gasteiger partial charge in [0.15, 0.2) is 9.84 Å². The molecule has 1 saturated carbocycles. The first-order valence-corrected chi connectivity index (χ1v) is 18.7. The number of H-pyrrole nitrogens is 1. The number of aromatic nitrogens is 1. The van der Waals surface area contributed by atoms with Gasteiger partial charge >= 0.3 is 24.3 Å². The van der Waals surface area contributed by atoms with E-state index in [9.17, 15) is 49.1 Å². The lowest BCUT2D eigenvalue weighted by atomic mass is 9.95. The van der Waals surface area contributed by atoms with E-state index in [-0.39, 0.29) is 41.4 Å². The van der Waals surface area contributed by atoms with E-state index in [2.05, 4.69) is 20.9 Å². The van der Waals surface area contributed by atoms with Crippen molar-refractivity contribution in [3.8, 4) is 0 Å². The highest BCUT2D eigenvalue weighted by molar-refractivity contribution is 7.92. The van der Waals surface area contributed by atoms with Crippen molar-refractivity contribution in [3.63, 3.8) is 0 Å². The highest BCUT2D eigenvalue weighted by atomic mass is 32.2. The summed E-state index contributed by atoms with van der Waals surface area (Å²) in [4.78, 5) is 61.7. The van der Waals surface area contributed by atoms with Crippen molar-refractivity contribution < 1.29 is 64.2 Å². The zero-order valence-electron chi connectivity index (χ0n) is 30.8. The third-order valence-electron chi connectivity index (χ3n) is 8.88. The van der Waals surface area contributed by atoms with E-state index in [4.69, 9.17) is 19.8 Å². The molecule has 0 spiro atoms. The van der Waals surface area contributed by atoms with Crippen molar-refractivity contribution in [2.75, 3.05) is 24.2 Å². The van der Waals surface area contributed by atoms with E-state index in [1.54, 1.807) is 31.4 Å². The minimum Gasteiger partial charge on any atom is -0.475 e. The summed E-state index contributed by atoms with van der Waals surface area (Å²) in [5.41, 5.74) is 3.89. The summed E-state index contributed by atoms with van der Waals surface area (Å²) in [5.74, 6) is -6.06. The fourth-order valence-electron chi connectivity index (χ4n) is 5.82. The molecule has 4 aromatic rings. The van der Waals surface area contributed by atoms with Crippen LogP contribution in [0.25, 0.3) is 10.8 Å². The molecule has 1 aromatic heterocycles. The van der Waals surface area contributed by atoms with Crippen molar-refractivity contribution in [2.24, 2.45) is 0 Å². The van der Waals surface area contributed by atoms with Crippen LogP contribution < -0.4 is 21.5 Å². The maximum absolute atomic E-state index is 14.3. The molecule has 21 heteroatoms. The molecular weight excluding hydrogens is 804 g/mol.